The average Bonchev–Trinajstić information content (AvgIpc) is 2.99. The summed E-state index contributed by atoms with van der Waals surface area (Å²) in [5.74, 6) is 0.589. The number of rotatable bonds is 7. The average molecular weight is 251 g/mol. The van der Waals surface area contributed by atoms with Crippen molar-refractivity contribution in [1.82, 2.24) is 5.32 Å². The molecule has 1 N–H and O–H groups in total. The molecule has 0 spiro atoms. The Balaban J connectivity index is 1.79. The summed E-state index contributed by atoms with van der Waals surface area (Å²) in [4.78, 5) is 0. The van der Waals surface area contributed by atoms with E-state index < -0.39 is 0 Å². The maximum atomic E-state index is 13.6. The number of hydrogen-bond acceptors (Lipinski definition) is 2. The second kappa shape index (κ2) is 5.81. The van der Waals surface area contributed by atoms with Crippen molar-refractivity contribution in [1.29, 1.82) is 0 Å². The van der Waals surface area contributed by atoms with Gasteiger partial charge in [0.2, 0.25) is 0 Å². The van der Waals surface area contributed by atoms with Crippen molar-refractivity contribution in [2.45, 2.75) is 19.8 Å². The summed E-state index contributed by atoms with van der Waals surface area (Å²) in [7, 11) is 1.71. The molecule has 2 unspecified atom stereocenters. The molecule has 1 aromatic rings. The molecule has 0 aromatic heterocycles. The number of benzene rings is 1. The Kier molecular flexibility index (Phi) is 4.36. The van der Waals surface area contributed by atoms with Gasteiger partial charge in [-0.2, -0.15) is 0 Å². The second-order valence-electron chi connectivity index (χ2n) is 5.52. The molecule has 2 atom stereocenters. The first kappa shape index (κ1) is 13.5. The van der Waals surface area contributed by atoms with E-state index in [1.165, 1.54) is 6.42 Å². The van der Waals surface area contributed by atoms with E-state index in [9.17, 15) is 4.39 Å². The summed E-state index contributed by atoms with van der Waals surface area (Å²) in [6.45, 7) is 4.90. The van der Waals surface area contributed by atoms with Crippen molar-refractivity contribution in [2.75, 3.05) is 26.8 Å². The van der Waals surface area contributed by atoms with Gasteiger partial charge in [-0.25, -0.2) is 4.39 Å². The Morgan fingerprint density at radius 1 is 1.44 bits per heavy atom. The first-order valence-electron chi connectivity index (χ1n) is 6.59. The van der Waals surface area contributed by atoms with Crippen LogP contribution in [0.3, 0.4) is 0 Å². The SMILES string of the molecule is COCCNCC1CC1(C)Cc1ccccc1F. The molecule has 100 valence electrons. The van der Waals surface area contributed by atoms with Gasteiger partial charge in [-0.05, 0) is 42.3 Å². The quantitative estimate of drug-likeness (QED) is 0.752. The third-order valence-corrected chi connectivity index (χ3v) is 3.96. The molecule has 18 heavy (non-hydrogen) atoms. The highest BCUT2D eigenvalue weighted by molar-refractivity contribution is 5.21. The fraction of sp³-hybridized carbons (Fsp3) is 0.600. The third-order valence-electron chi connectivity index (χ3n) is 3.96. The van der Waals surface area contributed by atoms with E-state index >= 15 is 0 Å². The zero-order valence-corrected chi connectivity index (χ0v) is 11.2. The molecule has 0 heterocycles. The van der Waals surface area contributed by atoms with Crippen LogP contribution in [0.5, 0.6) is 0 Å². The third kappa shape index (κ3) is 3.30. The van der Waals surface area contributed by atoms with Gasteiger partial charge in [0.05, 0.1) is 6.61 Å². The lowest BCUT2D eigenvalue weighted by atomic mass is 9.95. The lowest BCUT2D eigenvalue weighted by Gasteiger charge is -2.12. The lowest BCUT2D eigenvalue weighted by Crippen LogP contribution is -2.23. The van der Waals surface area contributed by atoms with E-state index in [1.807, 2.05) is 12.1 Å². The minimum absolute atomic E-state index is 0.0725. The maximum Gasteiger partial charge on any atom is 0.126 e. The van der Waals surface area contributed by atoms with Crippen molar-refractivity contribution >= 4 is 0 Å². The zero-order chi connectivity index (χ0) is 13.0. The van der Waals surface area contributed by atoms with Gasteiger partial charge >= 0.3 is 0 Å². The molecular formula is C15H22FNO. The van der Waals surface area contributed by atoms with E-state index in [0.29, 0.717) is 5.92 Å². The summed E-state index contributed by atoms with van der Waals surface area (Å²) in [6.07, 6.45) is 2.03. The van der Waals surface area contributed by atoms with E-state index in [-0.39, 0.29) is 11.2 Å². The summed E-state index contributed by atoms with van der Waals surface area (Å²) < 4.78 is 18.6. The van der Waals surface area contributed by atoms with Crippen LogP contribution in [0.1, 0.15) is 18.9 Å². The molecule has 1 saturated carbocycles. The smallest absolute Gasteiger partial charge is 0.126 e. The predicted molar refractivity (Wildman–Crippen MR) is 71.1 cm³/mol. The predicted octanol–water partition coefficient (Wildman–Crippen LogP) is 2.63. The largest absolute Gasteiger partial charge is 0.383 e. The number of methoxy groups -OCH3 is 1. The maximum absolute atomic E-state index is 13.6. The van der Waals surface area contributed by atoms with Gasteiger partial charge in [-0.3, -0.25) is 0 Å². The minimum atomic E-state index is -0.0725. The van der Waals surface area contributed by atoms with Crippen LogP contribution in [0.25, 0.3) is 0 Å². The molecule has 1 aliphatic carbocycles. The number of nitrogens with one attached hydrogen (secondary N) is 1. The van der Waals surface area contributed by atoms with Crippen molar-refractivity contribution in [3.05, 3.63) is 35.6 Å². The Bertz CT molecular complexity index is 396. The molecule has 2 rings (SSSR count). The van der Waals surface area contributed by atoms with Crippen molar-refractivity contribution in [2.24, 2.45) is 11.3 Å². The van der Waals surface area contributed by atoms with Gasteiger partial charge in [0.15, 0.2) is 0 Å². The number of halogens is 1. The Labute approximate surface area is 109 Å². The fourth-order valence-corrected chi connectivity index (χ4v) is 2.57. The first-order valence-corrected chi connectivity index (χ1v) is 6.59. The second-order valence-corrected chi connectivity index (χ2v) is 5.52. The summed E-state index contributed by atoms with van der Waals surface area (Å²) in [5.41, 5.74) is 1.11. The molecule has 2 nitrogen and oxygen atoms in total. The molecule has 1 fully saturated rings. The van der Waals surface area contributed by atoms with E-state index in [1.54, 1.807) is 19.2 Å². The first-order chi connectivity index (χ1) is 8.65. The van der Waals surface area contributed by atoms with Crippen LogP contribution >= 0.6 is 0 Å². The van der Waals surface area contributed by atoms with Crippen LogP contribution in [-0.4, -0.2) is 26.8 Å². The Morgan fingerprint density at radius 3 is 2.94 bits per heavy atom. The van der Waals surface area contributed by atoms with Crippen LogP contribution in [0.2, 0.25) is 0 Å². The van der Waals surface area contributed by atoms with Crippen molar-refractivity contribution in [3.8, 4) is 0 Å². The number of ether oxygens (including phenoxy) is 1. The van der Waals surface area contributed by atoms with Gasteiger partial charge in [0.1, 0.15) is 5.82 Å². The van der Waals surface area contributed by atoms with Gasteiger partial charge in [-0.1, -0.05) is 25.1 Å². The molecule has 0 radical (unpaired) electrons. The Hall–Kier alpha value is -0.930. The highest BCUT2D eigenvalue weighted by atomic mass is 19.1. The summed E-state index contributed by atoms with van der Waals surface area (Å²) >= 11 is 0. The highest BCUT2D eigenvalue weighted by Gasteiger charge is 2.49. The molecule has 3 heteroatoms. The van der Waals surface area contributed by atoms with Crippen molar-refractivity contribution in [3.63, 3.8) is 0 Å². The fourth-order valence-electron chi connectivity index (χ4n) is 2.57. The highest BCUT2D eigenvalue weighted by Crippen LogP contribution is 2.54. The summed E-state index contributed by atoms with van der Waals surface area (Å²) in [5, 5.41) is 3.39. The van der Waals surface area contributed by atoms with Crippen LogP contribution in [0.4, 0.5) is 4.39 Å². The van der Waals surface area contributed by atoms with Crippen LogP contribution in [0, 0.1) is 17.2 Å². The van der Waals surface area contributed by atoms with Crippen LogP contribution in [-0.2, 0) is 11.2 Å². The van der Waals surface area contributed by atoms with E-state index in [4.69, 9.17) is 4.74 Å². The molecule has 0 aliphatic heterocycles. The molecule has 0 amide bonds. The monoisotopic (exact) mass is 251 g/mol. The van der Waals surface area contributed by atoms with Crippen molar-refractivity contribution < 1.29 is 9.13 Å². The minimum Gasteiger partial charge on any atom is -0.383 e. The van der Waals surface area contributed by atoms with Crippen LogP contribution in [0.15, 0.2) is 24.3 Å². The van der Waals surface area contributed by atoms with E-state index in [0.717, 1.165) is 31.7 Å². The number of hydrogen-bond donors (Lipinski definition) is 1. The van der Waals surface area contributed by atoms with Crippen LogP contribution < -0.4 is 5.32 Å². The molecule has 1 aliphatic rings. The topological polar surface area (TPSA) is 21.3 Å². The standard InChI is InChI=1S/C15H22FNO/c1-15(9-12-5-3-4-6-14(12)16)10-13(15)11-17-7-8-18-2/h3-6,13,17H,7-11H2,1-2H3. The van der Waals surface area contributed by atoms with Gasteiger partial charge < -0.3 is 10.1 Å². The zero-order valence-electron chi connectivity index (χ0n) is 11.2. The molecule has 0 saturated heterocycles. The molecular weight excluding hydrogens is 229 g/mol. The normalized spacial score (nSPS) is 26.3. The van der Waals surface area contributed by atoms with E-state index in [2.05, 4.69) is 12.2 Å². The Morgan fingerprint density at radius 2 is 2.22 bits per heavy atom. The molecule has 1 aromatic carbocycles. The van der Waals surface area contributed by atoms with Gasteiger partial charge in [-0.15, -0.1) is 0 Å². The summed E-state index contributed by atoms with van der Waals surface area (Å²) in [6, 6.07) is 7.11. The van der Waals surface area contributed by atoms with Gasteiger partial charge in [0, 0.05) is 13.7 Å². The van der Waals surface area contributed by atoms with Gasteiger partial charge in [0.25, 0.3) is 0 Å². The molecule has 0 bridgehead atoms. The lowest BCUT2D eigenvalue weighted by molar-refractivity contribution is 0.198.